The third-order valence-electron chi connectivity index (χ3n) is 3.88. The van der Waals surface area contributed by atoms with Crippen molar-refractivity contribution >= 4 is 81.2 Å². The van der Waals surface area contributed by atoms with Crippen LogP contribution in [0.4, 0.5) is 11.4 Å². The number of nitrogens with one attached hydrogen (secondary N) is 2. The second kappa shape index (κ2) is 10.4. The lowest BCUT2D eigenvalue weighted by Crippen LogP contribution is -2.20. The van der Waals surface area contributed by atoms with Gasteiger partial charge < -0.3 is 15.4 Å². The van der Waals surface area contributed by atoms with Gasteiger partial charge in [-0.05, 0) is 54.6 Å². The van der Waals surface area contributed by atoms with E-state index in [4.69, 9.17) is 62.7 Å². The van der Waals surface area contributed by atoms with Gasteiger partial charge in [-0.3, -0.25) is 9.59 Å². The molecule has 2 N–H and O–H groups in total. The zero-order chi connectivity index (χ0) is 22.5. The van der Waals surface area contributed by atoms with Gasteiger partial charge in [-0.2, -0.15) is 0 Å². The third-order valence-corrected chi connectivity index (χ3v) is 5.13. The minimum absolute atomic E-state index is 0.220. The Kier molecular flexibility index (Phi) is 7.92. The van der Waals surface area contributed by atoms with Crippen LogP contribution < -0.4 is 15.4 Å². The first-order valence-electron chi connectivity index (χ1n) is 8.66. The van der Waals surface area contributed by atoms with Crippen LogP contribution >= 0.6 is 58.0 Å². The Labute approximate surface area is 203 Å². The summed E-state index contributed by atoms with van der Waals surface area (Å²) in [5, 5.41) is 6.88. The van der Waals surface area contributed by atoms with Crippen molar-refractivity contribution in [2.75, 3.05) is 17.2 Å². The Balaban J connectivity index is 1.57. The monoisotopic (exact) mass is 516 g/mol. The predicted octanol–water partition coefficient (Wildman–Crippen LogP) is 7.22. The van der Waals surface area contributed by atoms with Gasteiger partial charge in [0.25, 0.3) is 11.8 Å². The molecule has 0 saturated carbocycles. The molecule has 3 rings (SSSR count). The highest BCUT2D eigenvalue weighted by atomic mass is 35.5. The van der Waals surface area contributed by atoms with Gasteiger partial charge in [-0.15, -0.1) is 0 Å². The fourth-order valence-corrected chi connectivity index (χ4v) is 3.96. The van der Waals surface area contributed by atoms with Gasteiger partial charge in [0.05, 0.1) is 15.7 Å². The normalized spacial score (nSPS) is 10.5. The minimum atomic E-state index is -0.423. The van der Waals surface area contributed by atoms with Crippen molar-refractivity contribution < 1.29 is 14.3 Å². The molecule has 0 fully saturated rings. The van der Waals surface area contributed by atoms with E-state index >= 15 is 0 Å². The molecule has 3 aromatic rings. The number of hydrogen-bond acceptors (Lipinski definition) is 3. The number of carbonyl (C=O) groups excluding carboxylic acids is 2. The predicted molar refractivity (Wildman–Crippen MR) is 126 cm³/mol. The van der Waals surface area contributed by atoms with Gasteiger partial charge in [0, 0.05) is 26.3 Å². The first kappa shape index (κ1) is 23.5. The summed E-state index contributed by atoms with van der Waals surface area (Å²) in [6.45, 7) is -0.244. The quantitative estimate of drug-likeness (QED) is 0.362. The fourth-order valence-electron chi connectivity index (χ4n) is 2.52. The van der Waals surface area contributed by atoms with Crippen LogP contribution in [0.25, 0.3) is 0 Å². The van der Waals surface area contributed by atoms with Crippen molar-refractivity contribution in [1.82, 2.24) is 0 Å². The van der Waals surface area contributed by atoms with Gasteiger partial charge in [0.1, 0.15) is 5.75 Å². The number of rotatable bonds is 6. The van der Waals surface area contributed by atoms with Crippen LogP contribution in [0.5, 0.6) is 5.75 Å². The molecule has 0 bridgehead atoms. The number of amides is 2. The molecule has 0 heterocycles. The van der Waals surface area contributed by atoms with Crippen molar-refractivity contribution in [3.63, 3.8) is 0 Å². The lowest BCUT2D eigenvalue weighted by atomic mass is 10.2. The zero-order valence-electron chi connectivity index (χ0n) is 15.5. The van der Waals surface area contributed by atoms with Crippen LogP contribution in [0.1, 0.15) is 10.4 Å². The van der Waals surface area contributed by atoms with E-state index in [9.17, 15) is 9.59 Å². The highest BCUT2D eigenvalue weighted by Gasteiger charge is 2.13. The van der Waals surface area contributed by atoms with Crippen LogP contribution in [-0.4, -0.2) is 18.4 Å². The molecule has 0 atom stereocenters. The van der Waals surface area contributed by atoms with E-state index in [-0.39, 0.29) is 22.3 Å². The zero-order valence-corrected chi connectivity index (χ0v) is 19.3. The van der Waals surface area contributed by atoms with Crippen LogP contribution in [0, 0.1) is 0 Å². The average molecular weight is 519 g/mol. The van der Waals surface area contributed by atoms with Crippen molar-refractivity contribution in [2.24, 2.45) is 0 Å². The molecule has 10 heteroatoms. The van der Waals surface area contributed by atoms with Crippen molar-refractivity contribution in [2.45, 2.75) is 0 Å². The molecule has 0 aliphatic heterocycles. The Morgan fingerprint density at radius 3 is 1.87 bits per heavy atom. The molecule has 2 amide bonds. The first-order valence-corrected chi connectivity index (χ1v) is 10.5. The van der Waals surface area contributed by atoms with Gasteiger partial charge in [0.2, 0.25) is 0 Å². The molecule has 0 aliphatic carbocycles. The number of ether oxygens (including phenoxy) is 1. The Morgan fingerprint density at radius 2 is 1.29 bits per heavy atom. The van der Waals surface area contributed by atoms with Crippen molar-refractivity contribution in [3.05, 3.63) is 85.3 Å². The number of anilines is 2. The summed E-state index contributed by atoms with van der Waals surface area (Å²) in [7, 11) is 0. The summed E-state index contributed by atoms with van der Waals surface area (Å²) in [6, 6.07) is 13.8. The van der Waals surface area contributed by atoms with Crippen LogP contribution in [0.3, 0.4) is 0 Å². The Bertz CT molecular complexity index is 1090. The molecular formula is C21H13Cl5N2O3. The molecule has 5 nitrogen and oxygen atoms in total. The summed E-state index contributed by atoms with van der Waals surface area (Å²) >= 11 is 29.8. The second-order valence-corrected chi connectivity index (χ2v) is 8.34. The summed E-state index contributed by atoms with van der Waals surface area (Å²) in [5.74, 6) is -0.418. The highest BCUT2D eigenvalue weighted by molar-refractivity contribution is 6.42. The molecule has 0 unspecified atom stereocenters. The molecular weight excluding hydrogens is 506 g/mol. The summed E-state index contributed by atoms with van der Waals surface area (Å²) in [6.07, 6.45) is 0. The number of halogens is 5. The molecule has 31 heavy (non-hydrogen) atoms. The van der Waals surface area contributed by atoms with Gasteiger partial charge in [0.15, 0.2) is 6.61 Å². The third kappa shape index (κ3) is 6.66. The lowest BCUT2D eigenvalue weighted by molar-refractivity contribution is -0.118. The average Bonchev–Trinajstić information content (AvgIpc) is 2.68. The highest BCUT2D eigenvalue weighted by Crippen LogP contribution is 2.34. The van der Waals surface area contributed by atoms with E-state index in [1.165, 1.54) is 24.3 Å². The second-order valence-electron chi connectivity index (χ2n) is 6.22. The molecule has 0 saturated heterocycles. The van der Waals surface area contributed by atoms with E-state index in [0.29, 0.717) is 32.1 Å². The van der Waals surface area contributed by atoms with Crippen LogP contribution in [0.15, 0.2) is 54.6 Å². The summed E-state index contributed by atoms with van der Waals surface area (Å²) in [4.78, 5) is 24.5. The largest absolute Gasteiger partial charge is 0.484 e. The topological polar surface area (TPSA) is 67.4 Å². The first-order chi connectivity index (χ1) is 14.7. The van der Waals surface area contributed by atoms with E-state index < -0.39 is 11.8 Å². The fraction of sp³-hybridized carbons (Fsp3) is 0.0476. The van der Waals surface area contributed by atoms with E-state index in [1.807, 2.05) is 0 Å². The molecule has 0 radical (unpaired) electrons. The molecule has 0 aromatic heterocycles. The maximum absolute atomic E-state index is 12.5. The molecule has 3 aromatic carbocycles. The van der Waals surface area contributed by atoms with Gasteiger partial charge >= 0.3 is 0 Å². The van der Waals surface area contributed by atoms with Gasteiger partial charge in [-0.1, -0.05) is 58.0 Å². The Hall–Kier alpha value is -2.15. The SMILES string of the molecule is O=C(COc1ccc(C(=O)Nc2c(Cl)cc(Cl)cc2Cl)cc1)Nc1cc(Cl)cc(Cl)c1. The molecule has 0 spiro atoms. The molecule has 160 valence electrons. The minimum Gasteiger partial charge on any atom is -0.484 e. The van der Waals surface area contributed by atoms with Crippen molar-refractivity contribution in [1.29, 1.82) is 0 Å². The van der Waals surface area contributed by atoms with E-state index in [0.717, 1.165) is 0 Å². The Morgan fingerprint density at radius 1 is 0.742 bits per heavy atom. The number of benzene rings is 3. The van der Waals surface area contributed by atoms with Gasteiger partial charge in [-0.25, -0.2) is 0 Å². The summed E-state index contributed by atoms with van der Waals surface area (Å²) in [5.41, 5.74) is 1.06. The van der Waals surface area contributed by atoms with E-state index in [2.05, 4.69) is 10.6 Å². The van der Waals surface area contributed by atoms with Crippen LogP contribution in [0.2, 0.25) is 25.1 Å². The number of carbonyl (C=O) groups is 2. The maximum atomic E-state index is 12.5. The van der Waals surface area contributed by atoms with E-state index in [1.54, 1.807) is 30.3 Å². The smallest absolute Gasteiger partial charge is 0.262 e. The molecule has 0 aliphatic rings. The lowest BCUT2D eigenvalue weighted by Gasteiger charge is -2.11. The van der Waals surface area contributed by atoms with Crippen molar-refractivity contribution in [3.8, 4) is 5.75 Å². The number of hydrogen-bond donors (Lipinski definition) is 2. The standard InChI is InChI=1S/C21H13Cl5N2O3/c22-12-5-13(23)7-15(6-12)27-19(29)10-31-16-3-1-11(2-4-16)21(30)28-20-17(25)8-14(24)9-18(20)26/h1-9H,10H2,(H,27,29)(H,28,30). The summed E-state index contributed by atoms with van der Waals surface area (Å²) < 4.78 is 5.44. The maximum Gasteiger partial charge on any atom is 0.262 e. The van der Waals surface area contributed by atoms with Crippen LogP contribution in [-0.2, 0) is 4.79 Å².